The van der Waals surface area contributed by atoms with E-state index in [1.165, 1.54) is 25.1 Å². The molecule has 0 amide bonds. The van der Waals surface area contributed by atoms with Gasteiger partial charge in [-0.1, -0.05) is 6.07 Å². The molecule has 136 valence electrons. The van der Waals surface area contributed by atoms with Gasteiger partial charge < -0.3 is 14.4 Å². The predicted octanol–water partition coefficient (Wildman–Crippen LogP) is 3.53. The monoisotopic (exact) mass is 379 g/mol. The third-order valence-corrected chi connectivity index (χ3v) is 4.84. The minimum Gasteiger partial charge on any atom is -0.457 e. The average molecular weight is 379 g/mol. The number of alkyl halides is 1. The average Bonchev–Trinajstić information content (AvgIpc) is 2.79. The summed E-state index contributed by atoms with van der Waals surface area (Å²) in [6.45, 7) is 1.23. The first kappa shape index (κ1) is 18.5. The zero-order chi connectivity index (χ0) is 19.1. The molecule has 1 unspecified atom stereocenters. The van der Waals surface area contributed by atoms with Gasteiger partial charge in [0.2, 0.25) is 0 Å². The van der Waals surface area contributed by atoms with Crippen molar-refractivity contribution in [3.63, 3.8) is 0 Å². The van der Waals surface area contributed by atoms with E-state index in [0.29, 0.717) is 11.1 Å². The molecule has 3 rings (SSSR count). The Balaban J connectivity index is 2.07. The summed E-state index contributed by atoms with van der Waals surface area (Å²) in [5.74, 6) is -0.654. The van der Waals surface area contributed by atoms with E-state index in [9.17, 15) is 18.1 Å². The molecule has 0 aliphatic heterocycles. The van der Waals surface area contributed by atoms with Crippen LogP contribution in [0.15, 0.2) is 30.3 Å². The maximum Gasteiger partial charge on any atom is 0.157 e. The van der Waals surface area contributed by atoms with Crippen LogP contribution >= 0.6 is 0 Å². The number of hydrogen-bond acceptors (Lipinski definition) is 4. The molecule has 0 bridgehead atoms. The van der Waals surface area contributed by atoms with E-state index >= 15 is 0 Å². The number of fused-ring (bicyclic) bond motifs is 1. The summed E-state index contributed by atoms with van der Waals surface area (Å²) in [6.07, 6.45) is -1.63. The Morgan fingerprint density at radius 2 is 2.15 bits per heavy atom. The quantitative estimate of drug-likeness (QED) is 0.793. The van der Waals surface area contributed by atoms with E-state index < -0.39 is 28.7 Å². The Hall–Kier alpha value is -2.34. The molecule has 2 aromatic carbocycles. The van der Waals surface area contributed by atoms with Crippen molar-refractivity contribution in [2.45, 2.75) is 30.9 Å². The zero-order valence-electron chi connectivity index (χ0n) is 13.7. The van der Waals surface area contributed by atoms with Crippen LogP contribution in [0.5, 0.6) is 11.5 Å². The van der Waals surface area contributed by atoms with Gasteiger partial charge in [-0.25, -0.2) is 13.0 Å². The Morgan fingerprint density at radius 3 is 2.81 bits per heavy atom. The zero-order valence-corrected chi connectivity index (χ0v) is 14.5. The fourth-order valence-corrected chi connectivity index (χ4v) is 3.64. The molecule has 1 aliphatic rings. The summed E-state index contributed by atoms with van der Waals surface area (Å²) in [7, 11) is 0. The maximum absolute atomic E-state index is 14.7. The third-order valence-electron chi connectivity index (χ3n) is 4.28. The standard InChI is InChI=1S/C18H15F2NO4S/c1-18(20)7-14-15(25-13-5-10(8-21)4-12(19)6-13)3-2-11(9-26(23)24)16(14)17(18)22/h2-6,17,22H,7,9H2,1H3,(H,23,24)/t17-,18-/m0/s1. The Bertz CT molecular complexity index is 940. The minimum atomic E-state index is -2.16. The number of ether oxygens (including phenoxy) is 1. The van der Waals surface area contributed by atoms with Gasteiger partial charge in [0.05, 0.1) is 17.4 Å². The number of nitrogens with zero attached hydrogens (tertiary/aromatic N) is 1. The van der Waals surface area contributed by atoms with Crippen LogP contribution in [-0.4, -0.2) is 19.5 Å². The van der Waals surface area contributed by atoms with Crippen molar-refractivity contribution in [1.82, 2.24) is 0 Å². The Labute approximate surface area is 151 Å². The molecular formula is C18H15F2NO4S. The summed E-state index contributed by atoms with van der Waals surface area (Å²) in [5, 5.41) is 19.2. The first-order valence-corrected chi connectivity index (χ1v) is 8.96. The topological polar surface area (TPSA) is 90.5 Å². The molecule has 8 heteroatoms. The molecule has 0 heterocycles. The van der Waals surface area contributed by atoms with Gasteiger partial charge in [0.25, 0.3) is 0 Å². The highest BCUT2D eigenvalue weighted by molar-refractivity contribution is 7.78. The second kappa shape index (κ2) is 6.76. The minimum absolute atomic E-state index is 0.0594. The van der Waals surface area contributed by atoms with Crippen molar-refractivity contribution < 1.29 is 27.4 Å². The molecule has 5 nitrogen and oxygen atoms in total. The van der Waals surface area contributed by atoms with Crippen LogP contribution in [0.2, 0.25) is 0 Å². The van der Waals surface area contributed by atoms with E-state index in [2.05, 4.69) is 0 Å². The van der Waals surface area contributed by atoms with Crippen molar-refractivity contribution in [2.24, 2.45) is 0 Å². The highest BCUT2D eigenvalue weighted by Gasteiger charge is 2.45. The Morgan fingerprint density at radius 1 is 1.42 bits per heavy atom. The third kappa shape index (κ3) is 3.46. The maximum atomic E-state index is 14.7. The number of rotatable bonds is 4. The van der Waals surface area contributed by atoms with Crippen molar-refractivity contribution in [2.75, 3.05) is 0 Å². The van der Waals surface area contributed by atoms with Crippen LogP contribution in [-0.2, 0) is 23.3 Å². The lowest BCUT2D eigenvalue weighted by Crippen LogP contribution is -2.23. The van der Waals surface area contributed by atoms with Gasteiger partial charge >= 0.3 is 0 Å². The van der Waals surface area contributed by atoms with Crippen LogP contribution in [0.3, 0.4) is 0 Å². The van der Waals surface area contributed by atoms with Crippen LogP contribution in [0.1, 0.15) is 35.3 Å². The van der Waals surface area contributed by atoms with Crippen LogP contribution in [0.25, 0.3) is 0 Å². The number of aliphatic hydroxyl groups is 1. The van der Waals surface area contributed by atoms with Crippen LogP contribution < -0.4 is 4.74 Å². The Kier molecular flexibility index (Phi) is 4.80. The molecule has 0 radical (unpaired) electrons. The fraction of sp³-hybridized carbons (Fsp3) is 0.278. The first-order chi connectivity index (χ1) is 12.2. The first-order valence-electron chi connectivity index (χ1n) is 7.69. The second-order valence-electron chi connectivity index (χ2n) is 6.33. The summed E-state index contributed by atoms with van der Waals surface area (Å²) < 4.78 is 54.2. The SMILES string of the molecule is C[C@]1(F)Cc2c(Oc3cc(F)cc(C#N)c3)ccc(CS(=O)O)c2[C@@H]1O. The summed E-state index contributed by atoms with van der Waals surface area (Å²) in [5.41, 5.74) is -0.980. The van der Waals surface area contributed by atoms with E-state index in [1.54, 1.807) is 0 Å². The molecule has 3 atom stereocenters. The van der Waals surface area contributed by atoms with Crippen LogP contribution in [0, 0.1) is 17.1 Å². The molecule has 0 saturated carbocycles. The van der Waals surface area contributed by atoms with Gasteiger partial charge in [0.1, 0.15) is 29.1 Å². The molecule has 2 aromatic rings. The number of benzene rings is 2. The van der Waals surface area contributed by atoms with Gasteiger partial charge in [0, 0.05) is 18.1 Å². The van der Waals surface area contributed by atoms with Gasteiger partial charge in [-0.3, -0.25) is 0 Å². The molecule has 0 fully saturated rings. The predicted molar refractivity (Wildman–Crippen MR) is 90.3 cm³/mol. The highest BCUT2D eigenvalue weighted by atomic mass is 32.2. The summed E-state index contributed by atoms with van der Waals surface area (Å²) >= 11 is -2.16. The van der Waals surface area contributed by atoms with Gasteiger partial charge in [-0.2, -0.15) is 5.26 Å². The molecule has 0 spiro atoms. The molecule has 0 aromatic heterocycles. The van der Waals surface area contributed by atoms with E-state index in [1.807, 2.05) is 6.07 Å². The van der Waals surface area contributed by atoms with Gasteiger partial charge in [0.15, 0.2) is 11.1 Å². The smallest absolute Gasteiger partial charge is 0.157 e. The molecule has 1 aliphatic carbocycles. The van der Waals surface area contributed by atoms with E-state index in [-0.39, 0.29) is 34.8 Å². The molecule has 2 N–H and O–H groups in total. The number of aliphatic hydroxyl groups excluding tert-OH is 1. The largest absolute Gasteiger partial charge is 0.457 e. The van der Waals surface area contributed by atoms with Crippen LogP contribution in [0.4, 0.5) is 8.78 Å². The number of halogens is 2. The second-order valence-corrected chi connectivity index (χ2v) is 7.26. The molecular weight excluding hydrogens is 364 g/mol. The number of hydrogen-bond donors (Lipinski definition) is 2. The fourth-order valence-electron chi connectivity index (χ4n) is 3.13. The van der Waals surface area contributed by atoms with E-state index in [0.717, 1.165) is 12.1 Å². The van der Waals surface area contributed by atoms with Crippen molar-refractivity contribution in [3.05, 3.63) is 58.4 Å². The van der Waals surface area contributed by atoms with Crippen molar-refractivity contribution in [1.29, 1.82) is 5.26 Å². The number of nitriles is 1. The van der Waals surface area contributed by atoms with E-state index in [4.69, 9.17) is 14.6 Å². The molecule has 26 heavy (non-hydrogen) atoms. The normalized spacial score (nSPS) is 22.5. The van der Waals surface area contributed by atoms with Gasteiger partial charge in [-0.05, 0) is 36.2 Å². The lowest BCUT2D eigenvalue weighted by atomic mass is 10.00. The van der Waals surface area contributed by atoms with Crippen molar-refractivity contribution >= 4 is 11.1 Å². The lowest BCUT2D eigenvalue weighted by Gasteiger charge is -2.19. The van der Waals surface area contributed by atoms with Crippen molar-refractivity contribution in [3.8, 4) is 17.6 Å². The van der Waals surface area contributed by atoms with Gasteiger partial charge in [-0.15, -0.1) is 0 Å². The summed E-state index contributed by atoms with van der Waals surface area (Å²) in [4.78, 5) is 0. The summed E-state index contributed by atoms with van der Waals surface area (Å²) in [6, 6.07) is 8.25. The lowest BCUT2D eigenvalue weighted by molar-refractivity contribution is 0.0176. The highest BCUT2D eigenvalue weighted by Crippen LogP contribution is 2.48. The molecule has 0 saturated heterocycles.